The molecule has 2 aliphatic rings. The number of nitrogens with one attached hydrogen (secondary N) is 2. The van der Waals surface area contributed by atoms with Crippen molar-refractivity contribution < 1.29 is 13.2 Å². The first kappa shape index (κ1) is 22.0. The van der Waals surface area contributed by atoms with Gasteiger partial charge < -0.3 is 15.0 Å². The SMILES string of the molecule is COc1ccc(NS(=O)(=O)c2ccc(C3CC=CS3)cc2)cc1N1C[C@@H](C)N[C@@H](C)C1. The first-order valence-electron chi connectivity index (χ1n) is 10.5. The second kappa shape index (κ2) is 9.14. The first-order chi connectivity index (χ1) is 14.9. The van der Waals surface area contributed by atoms with E-state index in [0.717, 1.165) is 36.5 Å². The van der Waals surface area contributed by atoms with Crippen LogP contribution in [0.1, 0.15) is 31.1 Å². The molecule has 166 valence electrons. The van der Waals surface area contributed by atoms with E-state index in [9.17, 15) is 8.42 Å². The third-order valence-corrected chi connectivity index (χ3v) is 8.12. The smallest absolute Gasteiger partial charge is 0.261 e. The molecule has 2 heterocycles. The number of ether oxygens (including phenoxy) is 1. The summed E-state index contributed by atoms with van der Waals surface area (Å²) in [6.07, 6.45) is 3.12. The second-order valence-corrected chi connectivity index (χ2v) is 11.0. The van der Waals surface area contributed by atoms with Gasteiger partial charge in [0.15, 0.2) is 0 Å². The van der Waals surface area contributed by atoms with Gasteiger partial charge in [-0.2, -0.15) is 0 Å². The average molecular weight is 460 g/mol. The van der Waals surface area contributed by atoms with Gasteiger partial charge in [0.2, 0.25) is 0 Å². The van der Waals surface area contributed by atoms with E-state index in [1.54, 1.807) is 37.1 Å². The lowest BCUT2D eigenvalue weighted by molar-refractivity contribution is 0.391. The molecule has 0 amide bonds. The maximum atomic E-state index is 13.0. The van der Waals surface area contributed by atoms with Crippen molar-refractivity contribution in [1.29, 1.82) is 0 Å². The molecule has 1 saturated heterocycles. The van der Waals surface area contributed by atoms with Gasteiger partial charge >= 0.3 is 0 Å². The van der Waals surface area contributed by atoms with Crippen LogP contribution in [0.2, 0.25) is 0 Å². The molecule has 0 aliphatic carbocycles. The van der Waals surface area contributed by atoms with Crippen LogP contribution in [0.15, 0.2) is 58.8 Å². The van der Waals surface area contributed by atoms with Crippen LogP contribution in [-0.2, 0) is 10.0 Å². The van der Waals surface area contributed by atoms with Crippen molar-refractivity contribution in [3.05, 3.63) is 59.5 Å². The fraction of sp³-hybridized carbons (Fsp3) is 0.391. The van der Waals surface area contributed by atoms with Gasteiger partial charge in [-0.05, 0) is 61.6 Å². The third-order valence-electron chi connectivity index (χ3n) is 5.58. The fourth-order valence-corrected chi connectivity index (χ4v) is 6.20. The molecule has 0 spiro atoms. The van der Waals surface area contributed by atoms with Crippen LogP contribution < -0.4 is 19.7 Å². The number of hydrogen-bond donors (Lipinski definition) is 2. The quantitative estimate of drug-likeness (QED) is 0.668. The van der Waals surface area contributed by atoms with Crippen LogP contribution in [0.5, 0.6) is 5.75 Å². The minimum Gasteiger partial charge on any atom is -0.495 e. The number of allylic oxidation sites excluding steroid dienone is 1. The number of anilines is 2. The number of sulfonamides is 1. The molecule has 2 aliphatic heterocycles. The summed E-state index contributed by atoms with van der Waals surface area (Å²) >= 11 is 1.76. The van der Waals surface area contributed by atoms with Crippen molar-refractivity contribution in [3.8, 4) is 5.75 Å². The highest BCUT2D eigenvalue weighted by Crippen LogP contribution is 2.38. The van der Waals surface area contributed by atoms with Crippen molar-refractivity contribution in [2.45, 2.75) is 42.5 Å². The molecular formula is C23H29N3O3S2. The zero-order valence-electron chi connectivity index (χ0n) is 18.0. The molecule has 2 N–H and O–H groups in total. The van der Waals surface area contributed by atoms with E-state index in [4.69, 9.17) is 4.74 Å². The van der Waals surface area contributed by atoms with Crippen LogP contribution in [-0.4, -0.2) is 40.7 Å². The number of thioether (sulfide) groups is 1. The van der Waals surface area contributed by atoms with E-state index in [-0.39, 0.29) is 4.90 Å². The van der Waals surface area contributed by atoms with Crippen molar-refractivity contribution in [3.63, 3.8) is 0 Å². The number of nitrogens with zero attached hydrogens (tertiary/aromatic N) is 1. The van der Waals surface area contributed by atoms with Gasteiger partial charge in [0.25, 0.3) is 10.0 Å². The molecule has 2 aromatic rings. The van der Waals surface area contributed by atoms with Gasteiger partial charge in [0, 0.05) is 30.4 Å². The Bertz CT molecular complexity index is 1040. The first-order valence-corrected chi connectivity index (χ1v) is 12.9. The van der Waals surface area contributed by atoms with Crippen LogP contribution >= 0.6 is 11.8 Å². The summed E-state index contributed by atoms with van der Waals surface area (Å²) in [7, 11) is -2.05. The Morgan fingerprint density at radius 2 is 1.81 bits per heavy atom. The van der Waals surface area contributed by atoms with Crippen molar-refractivity contribution >= 4 is 33.2 Å². The molecule has 8 heteroatoms. The Hall–Kier alpha value is -2.16. The summed E-state index contributed by atoms with van der Waals surface area (Å²) in [5, 5.41) is 5.98. The Balaban J connectivity index is 1.55. The molecule has 0 aromatic heterocycles. The molecule has 1 fully saturated rings. The summed E-state index contributed by atoms with van der Waals surface area (Å²) in [5.41, 5.74) is 2.56. The zero-order chi connectivity index (χ0) is 22.0. The lowest BCUT2D eigenvalue weighted by Gasteiger charge is -2.38. The molecule has 0 radical (unpaired) electrons. The van der Waals surface area contributed by atoms with E-state index in [0.29, 0.717) is 23.0 Å². The Morgan fingerprint density at radius 1 is 1.10 bits per heavy atom. The van der Waals surface area contributed by atoms with Gasteiger partial charge in [-0.15, -0.1) is 11.8 Å². The highest BCUT2D eigenvalue weighted by atomic mass is 32.2. The maximum absolute atomic E-state index is 13.0. The summed E-state index contributed by atoms with van der Waals surface area (Å²) in [6, 6.07) is 13.3. The predicted octanol–water partition coefficient (Wildman–Crippen LogP) is 4.37. The van der Waals surface area contributed by atoms with Crippen LogP contribution in [0.3, 0.4) is 0 Å². The largest absolute Gasteiger partial charge is 0.495 e. The van der Waals surface area contributed by atoms with E-state index in [2.05, 4.69) is 40.3 Å². The minimum absolute atomic E-state index is 0.258. The van der Waals surface area contributed by atoms with Crippen molar-refractivity contribution in [1.82, 2.24) is 5.32 Å². The summed E-state index contributed by atoms with van der Waals surface area (Å²) < 4.78 is 34.3. The highest BCUT2D eigenvalue weighted by molar-refractivity contribution is 8.02. The lowest BCUT2D eigenvalue weighted by Crippen LogP contribution is -2.54. The molecule has 6 nitrogen and oxygen atoms in total. The minimum atomic E-state index is -3.69. The number of rotatable bonds is 6. The number of piperazine rings is 1. The third kappa shape index (κ3) is 5.02. The van der Waals surface area contributed by atoms with E-state index in [1.165, 1.54) is 0 Å². The molecule has 3 atom stereocenters. The van der Waals surface area contributed by atoms with Gasteiger partial charge in [0.1, 0.15) is 5.75 Å². The fourth-order valence-electron chi connectivity index (χ4n) is 4.20. The molecular weight excluding hydrogens is 430 g/mol. The monoisotopic (exact) mass is 459 g/mol. The molecule has 31 heavy (non-hydrogen) atoms. The van der Waals surface area contributed by atoms with E-state index < -0.39 is 10.0 Å². The maximum Gasteiger partial charge on any atom is 0.261 e. The van der Waals surface area contributed by atoms with E-state index in [1.807, 2.05) is 24.3 Å². The zero-order valence-corrected chi connectivity index (χ0v) is 19.7. The van der Waals surface area contributed by atoms with E-state index >= 15 is 0 Å². The van der Waals surface area contributed by atoms with Crippen molar-refractivity contribution in [2.24, 2.45) is 0 Å². The molecule has 1 unspecified atom stereocenters. The molecule has 0 saturated carbocycles. The van der Waals surface area contributed by atoms with Gasteiger partial charge in [-0.1, -0.05) is 18.2 Å². The molecule has 4 rings (SSSR count). The lowest BCUT2D eigenvalue weighted by atomic mass is 10.1. The average Bonchev–Trinajstić information content (AvgIpc) is 3.28. The van der Waals surface area contributed by atoms with Crippen molar-refractivity contribution in [2.75, 3.05) is 29.8 Å². The summed E-state index contributed by atoms with van der Waals surface area (Å²) in [4.78, 5) is 2.50. The second-order valence-electron chi connectivity index (χ2n) is 8.17. The number of hydrogen-bond acceptors (Lipinski definition) is 6. The molecule has 0 bridgehead atoms. The number of methoxy groups -OCH3 is 1. The van der Waals surface area contributed by atoms with Gasteiger partial charge in [-0.3, -0.25) is 4.72 Å². The summed E-state index contributed by atoms with van der Waals surface area (Å²) in [5.74, 6) is 0.733. The topological polar surface area (TPSA) is 70.7 Å². The van der Waals surface area contributed by atoms with Gasteiger partial charge in [-0.25, -0.2) is 8.42 Å². The predicted molar refractivity (Wildman–Crippen MR) is 129 cm³/mol. The Labute approximate surface area is 189 Å². The highest BCUT2D eigenvalue weighted by Gasteiger charge is 2.24. The normalized spacial score (nSPS) is 23.7. The van der Waals surface area contributed by atoms with Crippen LogP contribution in [0, 0.1) is 0 Å². The summed E-state index contributed by atoms with van der Waals surface area (Å²) in [6.45, 7) is 5.94. The Morgan fingerprint density at radius 3 is 2.42 bits per heavy atom. The van der Waals surface area contributed by atoms with Crippen LogP contribution in [0.4, 0.5) is 11.4 Å². The molecule has 2 aromatic carbocycles. The standard InChI is InChI=1S/C23H29N3O3S2/c1-16-14-26(15-17(2)24-16)21-13-19(8-11-22(21)29-3)25-31(27,28)20-9-6-18(7-10-20)23-5-4-12-30-23/h4,6-13,16-17,23-25H,5,14-15H2,1-3H3/t16-,17+,23?. The van der Waals surface area contributed by atoms with Crippen LogP contribution in [0.25, 0.3) is 0 Å². The van der Waals surface area contributed by atoms with Gasteiger partial charge in [0.05, 0.1) is 23.4 Å². The number of benzene rings is 2. The Kier molecular flexibility index (Phi) is 6.50.